The number of sulfone groups is 1. The minimum atomic E-state index is -3.36. The molecule has 0 saturated carbocycles. The van der Waals surface area contributed by atoms with E-state index >= 15 is 0 Å². The summed E-state index contributed by atoms with van der Waals surface area (Å²) in [6.07, 6.45) is 0.886. The van der Waals surface area contributed by atoms with Crippen LogP contribution in [0.1, 0.15) is 28.7 Å². The lowest BCUT2D eigenvalue weighted by Gasteiger charge is -2.13. The van der Waals surface area contributed by atoms with Crippen LogP contribution in [0, 0.1) is 0 Å². The molecular formula is C22H22N2O6S. The first-order valence-corrected chi connectivity index (χ1v) is 11.8. The molecule has 31 heavy (non-hydrogen) atoms. The number of hydrogen-bond donors (Lipinski definition) is 3. The average Bonchev–Trinajstić information content (AvgIpc) is 3.30. The van der Waals surface area contributed by atoms with E-state index in [0.29, 0.717) is 35.2 Å². The first-order chi connectivity index (χ1) is 14.7. The van der Waals surface area contributed by atoms with Crippen LogP contribution in [0.5, 0.6) is 5.88 Å². The number of aromatic hydroxyl groups is 1. The third kappa shape index (κ3) is 4.47. The highest BCUT2D eigenvalue weighted by Gasteiger charge is 2.25. The van der Waals surface area contributed by atoms with Crippen molar-refractivity contribution in [2.45, 2.75) is 25.7 Å². The van der Waals surface area contributed by atoms with Crippen LogP contribution in [0.25, 0.3) is 10.9 Å². The number of fused-ring (bicyclic) bond motifs is 2. The van der Waals surface area contributed by atoms with Crippen molar-refractivity contribution in [2.24, 2.45) is 4.99 Å². The van der Waals surface area contributed by atoms with Crippen molar-refractivity contribution in [3.63, 3.8) is 0 Å². The number of para-hydroxylation sites is 1. The minimum Gasteiger partial charge on any atom is -0.494 e. The van der Waals surface area contributed by atoms with Crippen LogP contribution >= 0.6 is 0 Å². The molecule has 4 rings (SSSR count). The Balaban J connectivity index is 1.89. The number of aliphatic carboxylic acids is 1. The molecule has 0 saturated heterocycles. The van der Waals surface area contributed by atoms with Crippen molar-refractivity contribution < 1.29 is 28.2 Å². The van der Waals surface area contributed by atoms with Gasteiger partial charge in [0, 0.05) is 22.7 Å². The molecule has 0 spiro atoms. The van der Waals surface area contributed by atoms with E-state index in [1.54, 1.807) is 12.1 Å². The number of H-pyrrole nitrogens is 1. The van der Waals surface area contributed by atoms with Gasteiger partial charge in [-0.3, -0.25) is 4.99 Å². The first-order valence-electron chi connectivity index (χ1n) is 9.71. The lowest BCUT2D eigenvalue weighted by Crippen LogP contribution is -2.24. The molecule has 1 aliphatic rings. The third-order valence-corrected chi connectivity index (χ3v) is 6.23. The number of aromatic nitrogens is 1. The highest BCUT2D eigenvalue weighted by Crippen LogP contribution is 2.32. The molecular weight excluding hydrogens is 420 g/mol. The van der Waals surface area contributed by atoms with Crippen molar-refractivity contribution in [3.8, 4) is 5.88 Å². The Morgan fingerprint density at radius 1 is 1.19 bits per heavy atom. The van der Waals surface area contributed by atoms with Crippen molar-refractivity contribution in [2.75, 3.05) is 12.0 Å². The Morgan fingerprint density at radius 2 is 1.94 bits per heavy atom. The number of nitrogens with zero attached hydrogens (tertiary/aromatic N) is 1. The van der Waals surface area contributed by atoms with E-state index in [1.165, 1.54) is 0 Å². The molecule has 162 valence electrons. The molecule has 0 amide bonds. The molecule has 0 fully saturated rings. The number of aromatic amines is 1. The van der Waals surface area contributed by atoms with Gasteiger partial charge in [-0.05, 0) is 29.7 Å². The summed E-state index contributed by atoms with van der Waals surface area (Å²) < 4.78 is 28.7. The highest BCUT2D eigenvalue weighted by molar-refractivity contribution is 7.90. The lowest BCUT2D eigenvalue weighted by molar-refractivity contribution is -0.138. The largest absolute Gasteiger partial charge is 0.494 e. The van der Waals surface area contributed by atoms with E-state index in [9.17, 15) is 23.4 Å². The number of carboxylic acid groups (broad SMARTS) is 1. The van der Waals surface area contributed by atoms with Crippen LogP contribution in [0.2, 0.25) is 0 Å². The van der Waals surface area contributed by atoms with Crippen LogP contribution in [0.15, 0.2) is 47.5 Å². The Hall–Kier alpha value is -3.17. The maximum atomic E-state index is 11.9. The Bertz CT molecular complexity index is 1290. The second-order valence-corrected chi connectivity index (χ2v) is 9.88. The number of ether oxygens (including phenoxy) is 1. The maximum absolute atomic E-state index is 11.9. The van der Waals surface area contributed by atoms with Crippen molar-refractivity contribution in [1.29, 1.82) is 0 Å². The normalized spacial score (nSPS) is 15.2. The summed E-state index contributed by atoms with van der Waals surface area (Å²) in [5.74, 6) is -1.67. The molecule has 1 unspecified atom stereocenters. The Morgan fingerprint density at radius 3 is 2.68 bits per heavy atom. The molecule has 1 aromatic heterocycles. The molecule has 9 heteroatoms. The zero-order valence-electron chi connectivity index (χ0n) is 16.8. The number of carbonyl (C=O) groups is 1. The average molecular weight is 442 g/mol. The van der Waals surface area contributed by atoms with E-state index in [0.717, 1.165) is 17.4 Å². The summed E-state index contributed by atoms with van der Waals surface area (Å²) in [6.45, 7) is 0.944. The van der Waals surface area contributed by atoms with Gasteiger partial charge >= 0.3 is 5.97 Å². The molecule has 0 bridgehead atoms. The van der Waals surface area contributed by atoms with Crippen LogP contribution in [-0.4, -0.2) is 53.3 Å². The number of nitrogens with one attached hydrogen (secondary N) is 1. The topological polar surface area (TPSA) is 129 Å². The molecule has 0 aliphatic carbocycles. The standard InChI is InChI=1S/C22H22N2O6S/c1-31(28,29)9-8-18(22(26)27)23-20(13-6-7-14-11-30-12-15(14)10-13)19-16-4-2-3-5-17(16)24-21(19)25/h2-7,10,18,24-25H,8-9,11-12H2,1H3,(H,26,27). The van der Waals surface area contributed by atoms with Gasteiger partial charge in [0.05, 0.1) is 30.2 Å². The van der Waals surface area contributed by atoms with Crippen LogP contribution in [0.4, 0.5) is 0 Å². The van der Waals surface area contributed by atoms with E-state index in [2.05, 4.69) is 9.98 Å². The monoisotopic (exact) mass is 442 g/mol. The molecule has 1 aliphatic heterocycles. The molecule has 2 aromatic carbocycles. The van der Waals surface area contributed by atoms with Crippen molar-refractivity contribution >= 4 is 32.4 Å². The van der Waals surface area contributed by atoms with Gasteiger partial charge in [0.1, 0.15) is 15.9 Å². The van der Waals surface area contributed by atoms with Gasteiger partial charge in [-0.2, -0.15) is 0 Å². The molecule has 3 N–H and O–H groups in total. The van der Waals surface area contributed by atoms with E-state index < -0.39 is 21.8 Å². The lowest BCUT2D eigenvalue weighted by atomic mass is 9.97. The SMILES string of the molecule is CS(=O)(=O)CCC(N=C(c1ccc2c(c1)COC2)c1c(O)[nH]c2ccccc12)C(=O)O. The first kappa shape index (κ1) is 21.1. The fourth-order valence-corrected chi connectivity index (χ4v) is 4.35. The van der Waals surface area contributed by atoms with E-state index in [1.807, 2.05) is 30.3 Å². The molecule has 3 aromatic rings. The Labute approximate surface area is 179 Å². The summed E-state index contributed by atoms with van der Waals surface area (Å²) in [5, 5.41) is 21.1. The summed E-state index contributed by atoms with van der Waals surface area (Å²) in [7, 11) is -3.36. The summed E-state index contributed by atoms with van der Waals surface area (Å²) in [5.41, 5.74) is 3.96. The quantitative estimate of drug-likeness (QED) is 0.483. The zero-order chi connectivity index (χ0) is 22.2. The fourth-order valence-electron chi connectivity index (χ4n) is 3.70. The number of rotatable bonds is 7. The van der Waals surface area contributed by atoms with Gasteiger partial charge in [0.15, 0.2) is 5.88 Å². The third-order valence-electron chi connectivity index (χ3n) is 5.25. The number of hydrogen-bond acceptors (Lipinski definition) is 6. The summed E-state index contributed by atoms with van der Waals surface area (Å²) in [6, 6.07) is 11.5. The number of aliphatic imine (C=N–C) groups is 1. The smallest absolute Gasteiger partial charge is 0.328 e. The second kappa shape index (κ2) is 8.16. The van der Waals surface area contributed by atoms with Gasteiger partial charge in [-0.25, -0.2) is 13.2 Å². The van der Waals surface area contributed by atoms with Crippen molar-refractivity contribution in [1.82, 2.24) is 4.98 Å². The fraction of sp³-hybridized carbons (Fsp3) is 0.273. The molecule has 2 heterocycles. The van der Waals surface area contributed by atoms with Gasteiger partial charge in [-0.1, -0.05) is 30.3 Å². The summed E-state index contributed by atoms with van der Waals surface area (Å²) in [4.78, 5) is 19.3. The second-order valence-electron chi connectivity index (χ2n) is 7.62. The van der Waals surface area contributed by atoms with Gasteiger partial charge < -0.3 is 19.9 Å². The molecule has 0 radical (unpaired) electrons. The van der Waals surface area contributed by atoms with Gasteiger partial charge in [0.2, 0.25) is 0 Å². The van der Waals surface area contributed by atoms with E-state index in [-0.39, 0.29) is 23.8 Å². The number of carboxylic acids is 1. The van der Waals surface area contributed by atoms with Crippen LogP contribution in [-0.2, 0) is 32.6 Å². The molecule has 8 nitrogen and oxygen atoms in total. The van der Waals surface area contributed by atoms with Gasteiger partial charge in [0.25, 0.3) is 0 Å². The van der Waals surface area contributed by atoms with Gasteiger partial charge in [-0.15, -0.1) is 0 Å². The van der Waals surface area contributed by atoms with Crippen LogP contribution < -0.4 is 0 Å². The predicted molar refractivity (Wildman–Crippen MR) is 116 cm³/mol. The molecule has 1 atom stereocenters. The minimum absolute atomic E-state index is 0.135. The summed E-state index contributed by atoms with van der Waals surface area (Å²) >= 11 is 0. The zero-order valence-corrected chi connectivity index (χ0v) is 17.6. The maximum Gasteiger partial charge on any atom is 0.328 e. The predicted octanol–water partition coefficient (Wildman–Crippen LogP) is 2.63. The van der Waals surface area contributed by atoms with Crippen molar-refractivity contribution in [3.05, 3.63) is 64.7 Å². The van der Waals surface area contributed by atoms with E-state index in [4.69, 9.17) is 4.74 Å². The highest BCUT2D eigenvalue weighted by atomic mass is 32.2. The van der Waals surface area contributed by atoms with Crippen LogP contribution in [0.3, 0.4) is 0 Å². The Kier molecular flexibility index (Phi) is 5.55. The number of benzene rings is 2.